The van der Waals surface area contributed by atoms with Gasteiger partial charge in [0.2, 0.25) is 0 Å². The van der Waals surface area contributed by atoms with Crippen molar-refractivity contribution in [2.75, 3.05) is 13.2 Å². The third-order valence-electron chi connectivity index (χ3n) is 5.93. The minimum Gasteiger partial charge on any atom is -0.405 e. The SMILES string of the molecule is C=CCO[C@@H]1O[C@H](CO[Si](c2ccccc2)(c2ccccc2)C(C)(C)C)[C@@H](O)[C@H](O)[C@@H]1O. The van der Waals surface area contributed by atoms with Gasteiger partial charge in [0.1, 0.15) is 24.4 Å². The first-order valence-electron chi connectivity index (χ1n) is 10.9. The van der Waals surface area contributed by atoms with Gasteiger partial charge in [0.05, 0.1) is 13.2 Å². The van der Waals surface area contributed by atoms with Crippen LogP contribution in [0.15, 0.2) is 73.3 Å². The Bertz CT molecular complexity index is 814. The Morgan fingerprint density at radius 2 is 1.44 bits per heavy atom. The van der Waals surface area contributed by atoms with Crippen LogP contribution in [0.2, 0.25) is 5.04 Å². The van der Waals surface area contributed by atoms with Gasteiger partial charge in [-0.2, -0.15) is 0 Å². The van der Waals surface area contributed by atoms with E-state index in [1.807, 2.05) is 36.4 Å². The molecule has 1 saturated heterocycles. The third kappa shape index (κ3) is 4.89. The number of ether oxygens (including phenoxy) is 2. The molecule has 7 heteroatoms. The van der Waals surface area contributed by atoms with Crippen LogP contribution in [0, 0.1) is 0 Å². The zero-order chi connectivity index (χ0) is 23.4. The molecule has 174 valence electrons. The lowest BCUT2D eigenvalue weighted by molar-refractivity contribution is -0.297. The van der Waals surface area contributed by atoms with E-state index in [1.165, 1.54) is 6.08 Å². The second kappa shape index (κ2) is 10.4. The van der Waals surface area contributed by atoms with Gasteiger partial charge in [0.25, 0.3) is 8.32 Å². The topological polar surface area (TPSA) is 88.4 Å². The van der Waals surface area contributed by atoms with Gasteiger partial charge in [0.15, 0.2) is 6.29 Å². The molecule has 0 radical (unpaired) electrons. The van der Waals surface area contributed by atoms with Crippen LogP contribution in [0.1, 0.15) is 20.8 Å². The highest BCUT2D eigenvalue weighted by atomic mass is 28.4. The highest BCUT2D eigenvalue weighted by Gasteiger charge is 2.52. The molecule has 32 heavy (non-hydrogen) atoms. The van der Waals surface area contributed by atoms with E-state index in [0.717, 1.165) is 10.4 Å². The molecule has 0 aliphatic carbocycles. The molecule has 5 atom stereocenters. The summed E-state index contributed by atoms with van der Waals surface area (Å²) in [7, 11) is -2.84. The molecule has 3 N–H and O–H groups in total. The van der Waals surface area contributed by atoms with E-state index in [1.54, 1.807) is 0 Å². The first kappa shape index (κ1) is 24.8. The number of rotatable bonds is 8. The monoisotopic (exact) mass is 458 g/mol. The zero-order valence-corrected chi connectivity index (χ0v) is 19.9. The molecule has 1 aliphatic rings. The molecule has 2 aromatic rings. The molecule has 0 aromatic heterocycles. The predicted molar refractivity (Wildman–Crippen MR) is 126 cm³/mol. The molecular weight excluding hydrogens is 424 g/mol. The fourth-order valence-corrected chi connectivity index (χ4v) is 8.89. The summed E-state index contributed by atoms with van der Waals surface area (Å²) in [6.45, 7) is 10.2. The maximum atomic E-state index is 10.6. The number of aliphatic hydroxyl groups excluding tert-OH is 3. The molecule has 0 unspecified atom stereocenters. The summed E-state index contributed by atoms with van der Waals surface area (Å²) >= 11 is 0. The van der Waals surface area contributed by atoms with Crippen LogP contribution < -0.4 is 10.4 Å². The molecule has 6 nitrogen and oxygen atoms in total. The molecule has 1 aliphatic heterocycles. The number of hydrogen-bond acceptors (Lipinski definition) is 6. The normalized spacial score (nSPS) is 26.6. The highest BCUT2D eigenvalue weighted by molar-refractivity contribution is 6.99. The van der Waals surface area contributed by atoms with Crippen LogP contribution in [0.3, 0.4) is 0 Å². The number of benzene rings is 2. The van der Waals surface area contributed by atoms with Gasteiger partial charge in [0, 0.05) is 0 Å². The second-order valence-corrected chi connectivity index (χ2v) is 13.4. The fraction of sp³-hybridized carbons (Fsp3) is 0.440. The maximum absolute atomic E-state index is 10.6. The predicted octanol–water partition coefficient (Wildman–Crippen LogP) is 1.57. The van der Waals surface area contributed by atoms with E-state index < -0.39 is 39.0 Å². The second-order valence-electron chi connectivity index (χ2n) is 9.11. The standard InChI is InChI=1S/C25H34O6Si/c1-5-16-29-24-23(28)22(27)21(26)20(31-24)17-30-32(25(2,3)4,18-12-8-6-9-13-18)19-14-10-7-11-15-19/h5-15,20-24,26-28H,1,16-17H2,2-4H3/t20-,21-,22+,23+,24-/m1/s1. The van der Waals surface area contributed by atoms with Crippen molar-refractivity contribution in [3.8, 4) is 0 Å². The van der Waals surface area contributed by atoms with Crippen LogP contribution >= 0.6 is 0 Å². The van der Waals surface area contributed by atoms with Crippen molar-refractivity contribution in [2.45, 2.75) is 56.5 Å². The Hall–Kier alpha value is -1.84. The maximum Gasteiger partial charge on any atom is 0.261 e. The van der Waals surface area contributed by atoms with Gasteiger partial charge in [-0.15, -0.1) is 6.58 Å². The molecule has 0 spiro atoms. The molecule has 0 saturated carbocycles. The average Bonchev–Trinajstić information content (AvgIpc) is 2.79. The molecule has 1 heterocycles. The minimum absolute atomic E-state index is 0.0339. The van der Waals surface area contributed by atoms with Crippen LogP contribution in [-0.4, -0.2) is 67.6 Å². The van der Waals surface area contributed by atoms with Gasteiger partial charge < -0.3 is 29.2 Å². The van der Waals surface area contributed by atoms with Crippen LogP contribution in [0.5, 0.6) is 0 Å². The van der Waals surface area contributed by atoms with E-state index in [0.29, 0.717) is 0 Å². The van der Waals surface area contributed by atoms with E-state index in [-0.39, 0.29) is 18.3 Å². The molecule has 1 fully saturated rings. The van der Waals surface area contributed by atoms with Gasteiger partial charge in [-0.05, 0) is 15.4 Å². The summed E-state index contributed by atoms with van der Waals surface area (Å²) in [5, 5.41) is 33.2. The van der Waals surface area contributed by atoms with Gasteiger partial charge in [-0.25, -0.2) is 0 Å². The number of aliphatic hydroxyl groups is 3. The Morgan fingerprint density at radius 3 is 1.91 bits per heavy atom. The summed E-state index contributed by atoms with van der Waals surface area (Å²) < 4.78 is 18.1. The lowest BCUT2D eigenvalue weighted by Gasteiger charge is -2.45. The highest BCUT2D eigenvalue weighted by Crippen LogP contribution is 2.37. The largest absolute Gasteiger partial charge is 0.405 e. The Balaban J connectivity index is 1.96. The summed E-state index contributed by atoms with van der Waals surface area (Å²) in [6, 6.07) is 20.3. The van der Waals surface area contributed by atoms with Crippen molar-refractivity contribution < 1.29 is 29.2 Å². The quantitative estimate of drug-likeness (QED) is 0.411. The zero-order valence-electron chi connectivity index (χ0n) is 18.9. The molecule has 3 rings (SSSR count). The Morgan fingerprint density at radius 1 is 0.906 bits per heavy atom. The van der Waals surface area contributed by atoms with Crippen molar-refractivity contribution in [2.24, 2.45) is 0 Å². The lowest BCUT2D eigenvalue weighted by Crippen LogP contribution is -2.68. The molecule has 2 aromatic carbocycles. The van der Waals surface area contributed by atoms with Gasteiger partial charge in [-0.3, -0.25) is 0 Å². The van der Waals surface area contributed by atoms with Crippen LogP contribution in [-0.2, 0) is 13.9 Å². The lowest BCUT2D eigenvalue weighted by atomic mass is 9.99. The average molecular weight is 459 g/mol. The smallest absolute Gasteiger partial charge is 0.261 e. The van der Waals surface area contributed by atoms with Crippen molar-refractivity contribution in [1.29, 1.82) is 0 Å². The summed E-state index contributed by atoms with van der Waals surface area (Å²) in [6.07, 6.45) is -4.52. The summed E-state index contributed by atoms with van der Waals surface area (Å²) in [5.41, 5.74) is 0. The van der Waals surface area contributed by atoms with Crippen molar-refractivity contribution >= 4 is 18.7 Å². The first-order valence-corrected chi connectivity index (χ1v) is 12.8. The van der Waals surface area contributed by atoms with E-state index in [4.69, 9.17) is 13.9 Å². The van der Waals surface area contributed by atoms with Gasteiger partial charge in [-0.1, -0.05) is 87.5 Å². The van der Waals surface area contributed by atoms with Gasteiger partial charge >= 0.3 is 0 Å². The van der Waals surface area contributed by atoms with E-state index >= 15 is 0 Å². The van der Waals surface area contributed by atoms with Crippen molar-refractivity contribution in [1.82, 2.24) is 0 Å². The van der Waals surface area contributed by atoms with Crippen LogP contribution in [0.4, 0.5) is 0 Å². The first-order chi connectivity index (χ1) is 15.2. The third-order valence-corrected chi connectivity index (χ3v) is 10.9. The Kier molecular flexibility index (Phi) is 8.05. The van der Waals surface area contributed by atoms with Crippen molar-refractivity contribution in [3.63, 3.8) is 0 Å². The molecular formula is C25H34O6Si. The molecule has 0 amide bonds. The van der Waals surface area contributed by atoms with Crippen LogP contribution in [0.25, 0.3) is 0 Å². The summed E-state index contributed by atoms with van der Waals surface area (Å²) in [5.74, 6) is 0. The molecule has 0 bridgehead atoms. The van der Waals surface area contributed by atoms with E-state index in [9.17, 15) is 15.3 Å². The number of hydrogen-bond donors (Lipinski definition) is 3. The van der Waals surface area contributed by atoms with Crippen molar-refractivity contribution in [3.05, 3.63) is 73.3 Å². The minimum atomic E-state index is -2.84. The Labute approximate surface area is 191 Å². The fourth-order valence-electron chi connectivity index (χ4n) is 4.32. The summed E-state index contributed by atoms with van der Waals surface area (Å²) in [4.78, 5) is 0. The van der Waals surface area contributed by atoms with E-state index in [2.05, 4.69) is 51.6 Å².